The smallest absolute Gasteiger partial charge is 0.338 e. The first-order chi connectivity index (χ1) is 13.1. The number of piperidine rings is 1. The van der Waals surface area contributed by atoms with Crippen molar-refractivity contribution in [2.45, 2.75) is 33.1 Å². The molecule has 27 heavy (non-hydrogen) atoms. The Morgan fingerprint density at radius 3 is 2.44 bits per heavy atom. The van der Waals surface area contributed by atoms with E-state index in [0.717, 1.165) is 48.4 Å². The molecule has 2 aromatic carbocycles. The van der Waals surface area contributed by atoms with Crippen LogP contribution in [0.5, 0.6) is 0 Å². The minimum atomic E-state index is -0.890. The summed E-state index contributed by atoms with van der Waals surface area (Å²) in [7, 11) is 0. The van der Waals surface area contributed by atoms with Crippen molar-refractivity contribution >= 4 is 22.6 Å². The standard InChI is InChI=1S/C23H24N2O2/c1-15-10-11-17(14-16(15)2)21-22(25-12-6-3-7-13-25)20(23(26)27)18-8-4-5-9-19(18)24-21/h4-5,8-11,14H,3,6-7,12-13H2,1-2H3,(H,26,27). The van der Waals surface area contributed by atoms with E-state index >= 15 is 0 Å². The van der Waals surface area contributed by atoms with Crippen molar-refractivity contribution < 1.29 is 9.90 Å². The zero-order valence-corrected chi connectivity index (χ0v) is 15.8. The van der Waals surface area contributed by atoms with Crippen LogP contribution in [-0.2, 0) is 0 Å². The van der Waals surface area contributed by atoms with Crippen LogP contribution in [0.15, 0.2) is 42.5 Å². The monoisotopic (exact) mass is 360 g/mol. The summed E-state index contributed by atoms with van der Waals surface area (Å²) in [4.78, 5) is 19.5. The maximum atomic E-state index is 12.3. The summed E-state index contributed by atoms with van der Waals surface area (Å²) in [5, 5.41) is 10.8. The third-order valence-electron chi connectivity index (χ3n) is 5.53. The van der Waals surface area contributed by atoms with Crippen LogP contribution < -0.4 is 4.90 Å². The summed E-state index contributed by atoms with van der Waals surface area (Å²) in [5.41, 5.74) is 6.02. The van der Waals surface area contributed by atoms with Crippen molar-refractivity contribution in [3.8, 4) is 11.3 Å². The molecule has 1 aromatic heterocycles. The number of aromatic nitrogens is 1. The molecule has 0 radical (unpaired) electrons. The topological polar surface area (TPSA) is 53.4 Å². The largest absolute Gasteiger partial charge is 0.478 e. The molecule has 1 N–H and O–H groups in total. The van der Waals surface area contributed by atoms with Gasteiger partial charge in [0.25, 0.3) is 0 Å². The minimum Gasteiger partial charge on any atom is -0.478 e. The lowest BCUT2D eigenvalue weighted by Gasteiger charge is -2.32. The predicted octanol–water partition coefficient (Wildman–Crippen LogP) is 5.21. The van der Waals surface area contributed by atoms with Gasteiger partial charge in [0.1, 0.15) is 0 Å². The van der Waals surface area contributed by atoms with E-state index in [1.165, 1.54) is 17.5 Å². The Morgan fingerprint density at radius 1 is 1.00 bits per heavy atom. The van der Waals surface area contributed by atoms with Crippen molar-refractivity contribution in [2.24, 2.45) is 0 Å². The first-order valence-corrected chi connectivity index (χ1v) is 9.55. The molecular weight excluding hydrogens is 336 g/mol. The van der Waals surface area contributed by atoms with Crippen LogP contribution in [0.2, 0.25) is 0 Å². The number of carboxylic acids is 1. The number of fused-ring (bicyclic) bond motifs is 1. The van der Waals surface area contributed by atoms with Crippen molar-refractivity contribution in [3.63, 3.8) is 0 Å². The molecule has 0 atom stereocenters. The highest BCUT2D eigenvalue weighted by Gasteiger charge is 2.26. The Labute approximate surface area is 159 Å². The fraction of sp³-hybridized carbons (Fsp3) is 0.304. The highest BCUT2D eigenvalue weighted by molar-refractivity contribution is 6.10. The number of hydrogen-bond acceptors (Lipinski definition) is 3. The Kier molecular flexibility index (Phi) is 4.56. The maximum absolute atomic E-state index is 12.3. The number of pyridine rings is 1. The number of benzene rings is 2. The summed E-state index contributed by atoms with van der Waals surface area (Å²) in [5.74, 6) is -0.890. The number of nitrogens with zero attached hydrogens (tertiary/aromatic N) is 2. The molecule has 4 heteroatoms. The first-order valence-electron chi connectivity index (χ1n) is 9.55. The Balaban J connectivity index is 2.06. The van der Waals surface area contributed by atoms with Gasteiger partial charge in [-0.05, 0) is 56.4 Å². The highest BCUT2D eigenvalue weighted by Crippen LogP contribution is 2.38. The van der Waals surface area contributed by atoms with Crippen LogP contribution in [0.4, 0.5) is 5.69 Å². The molecule has 0 spiro atoms. The van der Waals surface area contributed by atoms with Gasteiger partial charge in [-0.3, -0.25) is 0 Å². The summed E-state index contributed by atoms with van der Waals surface area (Å²) >= 11 is 0. The van der Waals surface area contributed by atoms with Gasteiger partial charge in [0, 0.05) is 24.0 Å². The number of carbonyl (C=O) groups is 1. The Bertz CT molecular complexity index is 1020. The van der Waals surface area contributed by atoms with Gasteiger partial charge in [-0.1, -0.05) is 30.3 Å². The highest BCUT2D eigenvalue weighted by atomic mass is 16.4. The number of rotatable bonds is 3. The molecule has 2 heterocycles. The van der Waals surface area contributed by atoms with Gasteiger partial charge in [0.2, 0.25) is 0 Å². The lowest BCUT2D eigenvalue weighted by atomic mass is 9.96. The van der Waals surface area contributed by atoms with Crippen LogP contribution >= 0.6 is 0 Å². The third-order valence-corrected chi connectivity index (χ3v) is 5.53. The SMILES string of the molecule is Cc1ccc(-c2nc3ccccc3c(C(=O)O)c2N2CCCCC2)cc1C. The molecule has 4 nitrogen and oxygen atoms in total. The van der Waals surface area contributed by atoms with Crippen molar-refractivity contribution in [1.29, 1.82) is 0 Å². The summed E-state index contributed by atoms with van der Waals surface area (Å²) in [6, 6.07) is 13.8. The number of aryl methyl sites for hydroxylation is 2. The van der Waals surface area contributed by atoms with E-state index in [1.807, 2.05) is 24.3 Å². The summed E-state index contributed by atoms with van der Waals surface area (Å²) in [6.07, 6.45) is 3.36. The molecule has 0 saturated carbocycles. The minimum absolute atomic E-state index is 0.371. The normalized spacial score (nSPS) is 14.5. The quantitative estimate of drug-likeness (QED) is 0.697. The molecular formula is C23H24N2O2. The number of hydrogen-bond donors (Lipinski definition) is 1. The Morgan fingerprint density at radius 2 is 1.74 bits per heavy atom. The van der Waals surface area contributed by atoms with Crippen LogP contribution in [0.25, 0.3) is 22.2 Å². The molecule has 138 valence electrons. The summed E-state index contributed by atoms with van der Waals surface area (Å²) < 4.78 is 0. The number of carboxylic acid groups (broad SMARTS) is 1. The fourth-order valence-electron chi connectivity index (χ4n) is 3.93. The second-order valence-electron chi connectivity index (χ2n) is 7.35. The molecule has 1 saturated heterocycles. The predicted molar refractivity (Wildman–Crippen MR) is 110 cm³/mol. The second-order valence-corrected chi connectivity index (χ2v) is 7.35. The van der Waals surface area contributed by atoms with Gasteiger partial charge in [-0.25, -0.2) is 9.78 Å². The number of aromatic carboxylic acids is 1. The zero-order valence-electron chi connectivity index (χ0n) is 15.8. The molecule has 0 unspecified atom stereocenters. The molecule has 0 amide bonds. The van der Waals surface area contributed by atoms with Crippen LogP contribution in [0, 0.1) is 13.8 Å². The van der Waals surface area contributed by atoms with Crippen LogP contribution in [-0.4, -0.2) is 29.1 Å². The van der Waals surface area contributed by atoms with E-state index in [2.05, 4.69) is 36.9 Å². The lowest BCUT2D eigenvalue weighted by molar-refractivity contribution is 0.0699. The van der Waals surface area contributed by atoms with Gasteiger partial charge in [-0.2, -0.15) is 0 Å². The van der Waals surface area contributed by atoms with E-state index < -0.39 is 5.97 Å². The lowest BCUT2D eigenvalue weighted by Crippen LogP contribution is -2.31. The van der Waals surface area contributed by atoms with E-state index in [4.69, 9.17) is 4.98 Å². The van der Waals surface area contributed by atoms with E-state index in [9.17, 15) is 9.90 Å². The number of para-hydroxylation sites is 1. The maximum Gasteiger partial charge on any atom is 0.338 e. The Hall–Kier alpha value is -2.88. The van der Waals surface area contributed by atoms with Crippen LogP contribution in [0.3, 0.4) is 0 Å². The molecule has 0 bridgehead atoms. The molecule has 1 aliphatic rings. The van der Waals surface area contributed by atoms with Crippen molar-refractivity contribution in [2.75, 3.05) is 18.0 Å². The van der Waals surface area contributed by atoms with Crippen molar-refractivity contribution in [1.82, 2.24) is 4.98 Å². The average Bonchev–Trinajstić information content (AvgIpc) is 2.69. The molecule has 4 rings (SSSR count). The summed E-state index contributed by atoms with van der Waals surface area (Å²) in [6.45, 7) is 5.91. The second kappa shape index (κ2) is 7.03. The average molecular weight is 360 g/mol. The third kappa shape index (κ3) is 3.16. The van der Waals surface area contributed by atoms with Gasteiger partial charge in [0.05, 0.1) is 22.5 Å². The van der Waals surface area contributed by atoms with Crippen LogP contribution in [0.1, 0.15) is 40.7 Å². The van der Waals surface area contributed by atoms with E-state index in [0.29, 0.717) is 10.9 Å². The van der Waals surface area contributed by atoms with E-state index in [-0.39, 0.29) is 0 Å². The van der Waals surface area contributed by atoms with E-state index in [1.54, 1.807) is 0 Å². The van der Waals surface area contributed by atoms with Crippen molar-refractivity contribution in [3.05, 3.63) is 59.2 Å². The van der Waals surface area contributed by atoms with Gasteiger partial charge in [0.15, 0.2) is 0 Å². The number of anilines is 1. The first kappa shape index (κ1) is 17.5. The molecule has 1 aliphatic heterocycles. The molecule has 3 aromatic rings. The van der Waals surface area contributed by atoms with Gasteiger partial charge in [-0.15, -0.1) is 0 Å². The zero-order chi connectivity index (χ0) is 19.0. The molecule has 1 fully saturated rings. The fourth-order valence-corrected chi connectivity index (χ4v) is 3.93. The van der Waals surface area contributed by atoms with Gasteiger partial charge < -0.3 is 10.0 Å². The van der Waals surface area contributed by atoms with Gasteiger partial charge >= 0.3 is 5.97 Å². The molecule has 0 aliphatic carbocycles.